The lowest BCUT2D eigenvalue weighted by Crippen LogP contribution is -2.36. The van der Waals surface area contributed by atoms with Gasteiger partial charge in [-0.15, -0.1) is 5.01 Å². The Bertz CT molecular complexity index is 6100. The van der Waals surface area contributed by atoms with Crippen molar-refractivity contribution in [3.63, 3.8) is 0 Å². The van der Waals surface area contributed by atoms with E-state index in [1.165, 1.54) is 145 Å². The van der Waals surface area contributed by atoms with E-state index < -0.39 is 0 Å². The van der Waals surface area contributed by atoms with Gasteiger partial charge in [-0.25, -0.2) is 18.6 Å². The molecule has 10 nitrogen and oxygen atoms in total. The molecular formula is C95H89N10+5. The molecule has 0 saturated heterocycles. The van der Waals surface area contributed by atoms with Crippen LogP contribution in [0.15, 0.2) is 340 Å². The number of hydrogen-bond donors (Lipinski definition) is 0. The van der Waals surface area contributed by atoms with Crippen molar-refractivity contribution in [2.75, 3.05) is 7.05 Å². The van der Waals surface area contributed by atoms with Crippen molar-refractivity contribution < 1.29 is 23.0 Å². The number of para-hydroxylation sites is 4. The summed E-state index contributed by atoms with van der Waals surface area (Å²) in [7, 11) is 8.51. The molecule has 105 heavy (non-hydrogen) atoms. The fourth-order valence-corrected chi connectivity index (χ4v) is 16.3. The lowest BCUT2D eigenvalue weighted by atomic mass is 9.87. The maximum absolute atomic E-state index is 2.37. The lowest BCUT2D eigenvalue weighted by Gasteiger charge is -2.24. The Morgan fingerprint density at radius 2 is 0.962 bits per heavy atom. The highest BCUT2D eigenvalue weighted by molar-refractivity contribution is 6.03. The number of aryl methyl sites for hydroxylation is 8. The molecule has 6 aromatic heterocycles. The molecule has 4 unspecified atom stereocenters. The zero-order valence-electron chi connectivity index (χ0n) is 61.5. The highest BCUT2D eigenvalue weighted by atomic mass is 15.6. The SMILES string of the molecule is CC1=CC=CN2C3C=CC=CC3C(c3ccccc3C)=[N+]12.Cc1ccccc1-c1c2cc3ccccc3n2cc[n+]1C.Cc1ccccc1-c1cccn2c3ccccc3[n+](C)c12.Cc1ccccc1-c1ccn2c3ccccc3cc2[n+]1C.Cc1ccccc1C1=CC2=CC3C=CC=CC3N2C=[N+]1C. The molecule has 4 atom stereocenters. The van der Waals surface area contributed by atoms with E-state index in [0.717, 1.165) is 0 Å². The summed E-state index contributed by atoms with van der Waals surface area (Å²) >= 11 is 0. The van der Waals surface area contributed by atoms with Gasteiger partial charge in [-0.05, 0) is 141 Å². The highest BCUT2D eigenvalue weighted by Gasteiger charge is 2.48. The number of imidazole rings is 1. The first-order valence-electron chi connectivity index (χ1n) is 36.5. The van der Waals surface area contributed by atoms with Crippen LogP contribution in [0, 0.1) is 46.5 Å². The van der Waals surface area contributed by atoms with Crippen molar-refractivity contribution in [3.05, 3.63) is 379 Å². The van der Waals surface area contributed by atoms with Crippen molar-refractivity contribution in [1.29, 1.82) is 0 Å². The Morgan fingerprint density at radius 1 is 0.410 bits per heavy atom. The molecule has 0 radical (unpaired) electrons. The van der Waals surface area contributed by atoms with Crippen LogP contribution in [0.3, 0.4) is 0 Å². The Kier molecular flexibility index (Phi) is 18.1. The van der Waals surface area contributed by atoms with Gasteiger partial charge >= 0.3 is 0 Å². The standard InChI is InChI=1S/C19H19N2.2C19H17N2.C19H19N2.C19H17N2/c1-14-7-3-5-9-17(14)19-12-16-11-15-8-4-6-10-18(15)21(16)13-20(19)2;1-14-7-3-5-9-16(14)19-18-13-15-8-4-6-10-17(15)21(18)12-11-20(19)2;1-14-7-3-5-9-16(14)18-11-12-21-17-10-6-4-8-15(17)13-19(21)20(18)2;1-14-8-3-4-10-16(14)19-17-11-5-6-12-18(17)20-13-7-9-15(2)21(19)20;1-14-8-3-4-9-15(14)16-10-7-13-21-18-12-6-5-11-17(18)20(2)19(16)21/h3-13,15,18H,1-2H3;2*3-13H,1-2H3;3-13,17-18H,1-2H3;3-13H,1-2H3/q5*+1. The van der Waals surface area contributed by atoms with Crippen LogP contribution in [0.4, 0.5) is 0 Å². The van der Waals surface area contributed by atoms with Crippen molar-refractivity contribution >= 4 is 67.4 Å². The number of rotatable bonds is 5. The molecule has 0 spiro atoms. The number of nitrogens with zero attached hydrogens (tertiary/aromatic N) is 10. The van der Waals surface area contributed by atoms with E-state index in [1.54, 1.807) is 0 Å². The second kappa shape index (κ2) is 28.4. The first-order chi connectivity index (χ1) is 51.3. The average Bonchev–Trinajstić information content (AvgIpc) is 1.65. The van der Waals surface area contributed by atoms with Gasteiger partial charge in [-0.1, -0.05) is 205 Å². The Morgan fingerprint density at radius 3 is 1.65 bits per heavy atom. The predicted molar refractivity (Wildman–Crippen MR) is 431 cm³/mol. The summed E-state index contributed by atoms with van der Waals surface area (Å²) in [5.41, 5.74) is 30.7. The molecule has 10 heteroatoms. The average molecular weight is 1370 g/mol. The van der Waals surface area contributed by atoms with Crippen LogP contribution in [-0.2, 0) is 21.1 Å². The summed E-state index contributed by atoms with van der Waals surface area (Å²) < 4.78 is 18.1. The van der Waals surface area contributed by atoms with Gasteiger partial charge in [0.05, 0.1) is 62.3 Å². The number of hydrogen-bond acceptors (Lipinski definition) is 2. The van der Waals surface area contributed by atoms with Gasteiger partial charge in [0.1, 0.15) is 53.4 Å². The third-order valence-corrected chi connectivity index (χ3v) is 21.7. The third-order valence-electron chi connectivity index (χ3n) is 21.7. The van der Waals surface area contributed by atoms with E-state index in [9.17, 15) is 0 Å². The maximum atomic E-state index is 2.37. The quantitative estimate of drug-likeness (QED) is 0.161. The molecule has 0 amide bonds. The number of hydrazine groups is 1. The van der Waals surface area contributed by atoms with Gasteiger partial charge in [0, 0.05) is 64.6 Å². The second-order valence-electron chi connectivity index (χ2n) is 28.3. The van der Waals surface area contributed by atoms with E-state index in [0.29, 0.717) is 23.9 Å². The number of benzene rings is 8. The summed E-state index contributed by atoms with van der Waals surface area (Å²) in [5.74, 6) is 0.893. The van der Waals surface area contributed by atoms with Gasteiger partial charge in [0.2, 0.25) is 23.4 Å². The minimum Gasteiger partial charge on any atom is -0.305 e. The Balaban J connectivity index is 0.000000101. The summed E-state index contributed by atoms with van der Waals surface area (Å²) in [6.07, 6.45) is 39.8. The normalized spacial score (nSPS) is 17.2. The summed E-state index contributed by atoms with van der Waals surface area (Å²) in [5, 5.41) is 4.90. The van der Waals surface area contributed by atoms with Gasteiger partial charge < -0.3 is 4.40 Å². The summed E-state index contributed by atoms with van der Waals surface area (Å²) in [6.45, 7) is 13.0. The van der Waals surface area contributed by atoms with Gasteiger partial charge in [0.15, 0.2) is 17.2 Å². The third kappa shape index (κ3) is 12.4. The van der Waals surface area contributed by atoms with Crippen LogP contribution in [0.2, 0.25) is 0 Å². The molecule has 10 heterocycles. The largest absolute Gasteiger partial charge is 0.305 e. The first-order valence-corrected chi connectivity index (χ1v) is 36.5. The van der Waals surface area contributed by atoms with E-state index in [4.69, 9.17) is 0 Å². The molecule has 4 aliphatic heterocycles. The van der Waals surface area contributed by atoms with Crippen LogP contribution < -0.4 is 13.7 Å². The highest BCUT2D eigenvalue weighted by Crippen LogP contribution is 2.38. The second-order valence-corrected chi connectivity index (χ2v) is 28.3. The van der Waals surface area contributed by atoms with Gasteiger partial charge in [0.25, 0.3) is 11.3 Å². The van der Waals surface area contributed by atoms with Crippen LogP contribution in [0.25, 0.3) is 89.0 Å². The molecule has 14 aromatic rings. The number of pyridine rings is 1. The van der Waals surface area contributed by atoms with E-state index in [2.05, 4.69) is 450 Å². The van der Waals surface area contributed by atoms with E-state index >= 15 is 0 Å². The molecule has 6 aliphatic rings. The molecule has 8 aromatic carbocycles. The minimum absolute atomic E-state index is 0.379. The monoisotopic (exact) mass is 1370 g/mol. The molecule has 0 saturated carbocycles. The number of fused-ring (bicyclic) bond motifs is 15. The molecule has 2 aliphatic carbocycles. The Labute approximate surface area is 615 Å². The zero-order valence-corrected chi connectivity index (χ0v) is 61.5. The fraction of sp³-hybridized carbons (Fsp3) is 0.147. The number of aromatic nitrogens is 6. The van der Waals surface area contributed by atoms with Crippen LogP contribution in [0.1, 0.15) is 45.9 Å². The first kappa shape index (κ1) is 67.0. The van der Waals surface area contributed by atoms with Crippen molar-refractivity contribution in [2.45, 2.75) is 53.6 Å². The molecule has 0 bridgehead atoms. The lowest BCUT2D eigenvalue weighted by molar-refractivity contribution is -0.659. The van der Waals surface area contributed by atoms with Crippen molar-refractivity contribution in [2.24, 2.45) is 33.0 Å². The van der Waals surface area contributed by atoms with E-state index in [1.807, 2.05) is 0 Å². The Hall–Kier alpha value is -12.5. The smallest absolute Gasteiger partial charge is 0.294 e. The van der Waals surface area contributed by atoms with E-state index in [-0.39, 0.29) is 0 Å². The maximum Gasteiger partial charge on any atom is 0.294 e. The van der Waals surface area contributed by atoms with Crippen LogP contribution in [-0.4, -0.2) is 63.6 Å². The minimum atomic E-state index is 0.379. The van der Waals surface area contributed by atoms with Crippen molar-refractivity contribution in [3.8, 4) is 33.6 Å². The van der Waals surface area contributed by atoms with Crippen molar-refractivity contribution in [1.82, 2.24) is 23.1 Å². The van der Waals surface area contributed by atoms with Gasteiger partial charge in [-0.2, -0.15) is 13.4 Å². The van der Waals surface area contributed by atoms with Crippen LogP contribution in [0.5, 0.6) is 0 Å². The number of allylic oxidation sites excluding steroid dienone is 8. The fourth-order valence-electron chi connectivity index (χ4n) is 16.3. The molecule has 0 fully saturated rings. The van der Waals surface area contributed by atoms with Gasteiger partial charge in [-0.3, -0.25) is 0 Å². The number of hydrazone groups is 1. The summed E-state index contributed by atoms with van der Waals surface area (Å²) in [6, 6.07) is 80.3. The molecule has 20 rings (SSSR count). The predicted octanol–water partition coefficient (Wildman–Crippen LogP) is 18.6. The molecule has 0 N–H and O–H groups in total. The molecule has 514 valence electrons. The zero-order chi connectivity index (χ0) is 72.0. The summed E-state index contributed by atoms with van der Waals surface area (Å²) in [4.78, 5) is 2.37. The molecular weight excluding hydrogens is 1280 g/mol. The topological polar surface area (TPSA) is 37.4 Å². The van der Waals surface area contributed by atoms with Crippen LogP contribution >= 0.6 is 0 Å².